The van der Waals surface area contributed by atoms with Crippen molar-refractivity contribution in [3.05, 3.63) is 71.1 Å². The smallest absolute Gasteiger partial charge is 0.256 e. The van der Waals surface area contributed by atoms with Gasteiger partial charge in [-0.25, -0.2) is 4.98 Å². The van der Waals surface area contributed by atoms with E-state index >= 15 is 0 Å². The van der Waals surface area contributed by atoms with Crippen LogP contribution < -0.4 is 0 Å². The number of benzene rings is 2. The Morgan fingerprint density at radius 1 is 1.09 bits per heavy atom. The third-order valence-corrected chi connectivity index (χ3v) is 4.58. The van der Waals surface area contributed by atoms with E-state index in [0.29, 0.717) is 10.8 Å². The predicted molar refractivity (Wildman–Crippen MR) is 92.1 cm³/mol. The fourth-order valence-corrected chi connectivity index (χ4v) is 3.13. The van der Waals surface area contributed by atoms with Crippen molar-refractivity contribution in [2.45, 2.75) is 24.8 Å². The number of nitriles is 1. The molecular weight excluding hydrogens is 304 g/mol. The molecule has 3 aromatic rings. The van der Waals surface area contributed by atoms with Gasteiger partial charge in [-0.05, 0) is 36.6 Å². The van der Waals surface area contributed by atoms with Crippen LogP contribution in [0.3, 0.4) is 0 Å². The second-order valence-electron chi connectivity index (χ2n) is 5.26. The molecule has 23 heavy (non-hydrogen) atoms. The molecule has 0 atom stereocenters. The molecule has 0 fully saturated rings. The van der Waals surface area contributed by atoms with Crippen LogP contribution in [0.15, 0.2) is 58.2 Å². The number of oxazole rings is 1. The van der Waals surface area contributed by atoms with Crippen LogP contribution in [0.1, 0.15) is 22.6 Å². The Bertz CT molecular complexity index is 840. The summed E-state index contributed by atoms with van der Waals surface area (Å²) >= 11 is 1.59. The van der Waals surface area contributed by atoms with Crippen molar-refractivity contribution in [2.24, 2.45) is 0 Å². The number of hydrogen-bond donors (Lipinski definition) is 0. The molecule has 0 amide bonds. The zero-order valence-electron chi connectivity index (χ0n) is 13.0. The molecule has 2 aromatic carbocycles. The van der Waals surface area contributed by atoms with Gasteiger partial charge in [0.25, 0.3) is 5.22 Å². The largest absolute Gasteiger partial charge is 0.437 e. The quantitative estimate of drug-likeness (QED) is 0.626. The van der Waals surface area contributed by atoms with Gasteiger partial charge in [-0.2, -0.15) is 5.26 Å². The van der Waals surface area contributed by atoms with E-state index in [0.717, 1.165) is 28.3 Å². The van der Waals surface area contributed by atoms with E-state index < -0.39 is 0 Å². The van der Waals surface area contributed by atoms with E-state index in [1.807, 2.05) is 38.1 Å². The first-order valence-electron chi connectivity index (χ1n) is 7.32. The van der Waals surface area contributed by atoms with Crippen LogP contribution in [0, 0.1) is 25.2 Å². The van der Waals surface area contributed by atoms with E-state index in [9.17, 15) is 5.26 Å². The summed E-state index contributed by atoms with van der Waals surface area (Å²) in [6.45, 7) is 3.87. The van der Waals surface area contributed by atoms with E-state index in [2.05, 4.69) is 35.3 Å². The number of aromatic nitrogens is 1. The highest BCUT2D eigenvalue weighted by Crippen LogP contribution is 2.27. The van der Waals surface area contributed by atoms with Gasteiger partial charge in [-0.1, -0.05) is 54.2 Å². The number of rotatable bonds is 4. The van der Waals surface area contributed by atoms with Crippen molar-refractivity contribution in [2.75, 3.05) is 0 Å². The molecule has 3 nitrogen and oxygen atoms in total. The number of thioether (sulfide) groups is 1. The Morgan fingerprint density at radius 3 is 2.48 bits per heavy atom. The summed E-state index contributed by atoms with van der Waals surface area (Å²) in [6, 6.07) is 18.2. The summed E-state index contributed by atoms with van der Waals surface area (Å²) in [5, 5.41) is 9.91. The Kier molecular flexibility index (Phi) is 4.50. The minimum Gasteiger partial charge on any atom is -0.437 e. The van der Waals surface area contributed by atoms with Crippen molar-refractivity contribution in [1.29, 1.82) is 5.26 Å². The van der Waals surface area contributed by atoms with Crippen LogP contribution in [0.4, 0.5) is 0 Å². The predicted octanol–water partition coefficient (Wildman–Crippen LogP) is 5.12. The molecule has 4 heteroatoms. The van der Waals surface area contributed by atoms with E-state index in [1.54, 1.807) is 11.8 Å². The average molecular weight is 320 g/mol. The molecule has 0 spiro atoms. The minimum atomic E-state index is 0.695. The lowest BCUT2D eigenvalue weighted by Gasteiger charge is -2.05. The van der Waals surface area contributed by atoms with Crippen LogP contribution in [0.2, 0.25) is 0 Å². The zero-order valence-corrected chi connectivity index (χ0v) is 13.9. The normalized spacial score (nSPS) is 10.5. The van der Waals surface area contributed by atoms with Crippen molar-refractivity contribution in [1.82, 2.24) is 4.98 Å². The molecule has 0 aliphatic rings. The highest BCUT2D eigenvalue weighted by atomic mass is 32.2. The first-order chi connectivity index (χ1) is 11.2. The SMILES string of the molecule is Cc1nc(SCc2ccc(-c3ccccc3C#N)cc2)oc1C. The lowest BCUT2D eigenvalue weighted by atomic mass is 10.00. The van der Waals surface area contributed by atoms with Gasteiger partial charge in [0.05, 0.1) is 17.3 Å². The first-order valence-corrected chi connectivity index (χ1v) is 8.31. The molecule has 0 aliphatic carbocycles. The second-order valence-corrected chi connectivity index (χ2v) is 6.19. The zero-order chi connectivity index (χ0) is 16.2. The molecule has 3 rings (SSSR count). The van der Waals surface area contributed by atoms with Gasteiger partial charge in [-0.15, -0.1) is 0 Å². The van der Waals surface area contributed by atoms with Gasteiger partial charge in [0, 0.05) is 5.75 Å². The first kappa shape index (κ1) is 15.4. The average Bonchev–Trinajstić information content (AvgIpc) is 2.91. The number of hydrogen-bond acceptors (Lipinski definition) is 4. The Labute approximate surface area is 140 Å². The fraction of sp³-hybridized carbons (Fsp3) is 0.158. The molecule has 0 bridgehead atoms. The Morgan fingerprint density at radius 2 is 1.83 bits per heavy atom. The summed E-state index contributed by atoms with van der Waals surface area (Å²) in [7, 11) is 0. The lowest BCUT2D eigenvalue weighted by molar-refractivity contribution is 0.431. The molecule has 0 N–H and O–H groups in total. The Hall–Kier alpha value is -2.51. The van der Waals surface area contributed by atoms with Crippen LogP contribution in [-0.2, 0) is 5.75 Å². The van der Waals surface area contributed by atoms with Gasteiger partial charge < -0.3 is 4.42 Å². The standard InChI is InChI=1S/C19H16N2OS/c1-13-14(2)22-19(21-13)23-12-15-7-9-16(10-8-15)18-6-4-3-5-17(18)11-20/h3-10H,12H2,1-2H3. The van der Waals surface area contributed by atoms with Crippen LogP contribution >= 0.6 is 11.8 Å². The van der Waals surface area contributed by atoms with E-state index in [-0.39, 0.29) is 0 Å². The topological polar surface area (TPSA) is 49.8 Å². The highest BCUT2D eigenvalue weighted by Gasteiger charge is 2.07. The number of aryl methyl sites for hydroxylation is 2. The third-order valence-electron chi connectivity index (χ3n) is 3.68. The van der Waals surface area contributed by atoms with Crippen LogP contribution in [0.25, 0.3) is 11.1 Å². The van der Waals surface area contributed by atoms with E-state index in [1.165, 1.54) is 5.56 Å². The molecule has 1 aromatic heterocycles. The maximum atomic E-state index is 9.20. The van der Waals surface area contributed by atoms with Crippen molar-refractivity contribution >= 4 is 11.8 Å². The van der Waals surface area contributed by atoms with Crippen molar-refractivity contribution in [3.8, 4) is 17.2 Å². The van der Waals surface area contributed by atoms with Crippen LogP contribution in [0.5, 0.6) is 0 Å². The molecule has 0 radical (unpaired) electrons. The van der Waals surface area contributed by atoms with Crippen molar-refractivity contribution in [3.63, 3.8) is 0 Å². The summed E-state index contributed by atoms with van der Waals surface area (Å²) in [5.74, 6) is 1.68. The summed E-state index contributed by atoms with van der Waals surface area (Å²) < 4.78 is 5.58. The third kappa shape index (κ3) is 3.46. The fourth-order valence-electron chi connectivity index (χ4n) is 2.26. The van der Waals surface area contributed by atoms with Gasteiger partial charge in [0.2, 0.25) is 0 Å². The summed E-state index contributed by atoms with van der Waals surface area (Å²) in [4.78, 5) is 4.37. The van der Waals surface area contributed by atoms with Gasteiger partial charge in [-0.3, -0.25) is 0 Å². The van der Waals surface area contributed by atoms with Gasteiger partial charge in [0.15, 0.2) is 0 Å². The lowest BCUT2D eigenvalue weighted by Crippen LogP contribution is -1.85. The Balaban J connectivity index is 1.73. The minimum absolute atomic E-state index is 0.695. The molecule has 1 heterocycles. The second kappa shape index (κ2) is 6.72. The van der Waals surface area contributed by atoms with Crippen LogP contribution in [-0.4, -0.2) is 4.98 Å². The highest BCUT2D eigenvalue weighted by molar-refractivity contribution is 7.98. The van der Waals surface area contributed by atoms with Gasteiger partial charge in [0.1, 0.15) is 5.76 Å². The molecule has 0 saturated heterocycles. The van der Waals surface area contributed by atoms with E-state index in [4.69, 9.17) is 4.42 Å². The summed E-state index contributed by atoms with van der Waals surface area (Å²) in [6.07, 6.45) is 0. The molecular formula is C19H16N2OS. The van der Waals surface area contributed by atoms with Crippen molar-refractivity contribution < 1.29 is 4.42 Å². The van der Waals surface area contributed by atoms with Gasteiger partial charge >= 0.3 is 0 Å². The monoisotopic (exact) mass is 320 g/mol. The molecule has 0 unspecified atom stereocenters. The molecule has 114 valence electrons. The maximum absolute atomic E-state index is 9.20. The maximum Gasteiger partial charge on any atom is 0.256 e. The molecule has 0 aliphatic heterocycles. The molecule has 0 saturated carbocycles. The summed E-state index contributed by atoms with van der Waals surface area (Å²) in [5.41, 5.74) is 4.85. The number of nitrogens with zero attached hydrogens (tertiary/aromatic N) is 2.